The molecule has 0 aromatic heterocycles. The number of nitriles is 1. The first kappa shape index (κ1) is 20.6. The molecule has 1 heterocycles. The number of nitrogens with zero attached hydrogens (tertiary/aromatic N) is 1. The minimum atomic E-state index is -3.76. The van der Waals surface area contributed by atoms with Gasteiger partial charge in [-0.25, -0.2) is 0 Å². The van der Waals surface area contributed by atoms with Crippen molar-refractivity contribution >= 4 is 27.3 Å². The van der Waals surface area contributed by atoms with Crippen LogP contribution >= 0.6 is 12.2 Å². The van der Waals surface area contributed by atoms with E-state index in [4.69, 9.17) is 21.1 Å². The van der Waals surface area contributed by atoms with Crippen LogP contribution in [0.3, 0.4) is 0 Å². The van der Waals surface area contributed by atoms with E-state index in [0.717, 1.165) is 6.26 Å². The minimum Gasteiger partial charge on any atom is -0.485 e. The van der Waals surface area contributed by atoms with E-state index in [1.807, 2.05) is 20.8 Å². The summed E-state index contributed by atoms with van der Waals surface area (Å²) in [5.41, 5.74) is -0.187. The van der Waals surface area contributed by atoms with E-state index in [2.05, 4.69) is 11.4 Å². The molecule has 2 atom stereocenters. The number of fused-ring (bicyclic) bond motifs is 1. The Kier molecular flexibility index (Phi) is 5.39. The fourth-order valence-corrected chi connectivity index (χ4v) is 4.22. The van der Waals surface area contributed by atoms with Gasteiger partial charge in [0.15, 0.2) is 0 Å². The van der Waals surface area contributed by atoms with E-state index < -0.39 is 27.7 Å². The fraction of sp³-hybridized carbons (Fsp3) is 0.556. The maximum atomic E-state index is 11.9. The lowest BCUT2D eigenvalue weighted by atomic mass is 9.80. The first-order valence-corrected chi connectivity index (χ1v) is 10.4. The van der Waals surface area contributed by atoms with Gasteiger partial charge in [-0.15, -0.1) is 0 Å². The monoisotopic (exact) mass is 396 g/mol. The number of hydrogen-bond acceptors (Lipinski definition) is 6. The zero-order valence-corrected chi connectivity index (χ0v) is 17.4. The van der Waals surface area contributed by atoms with Gasteiger partial charge in [-0.3, -0.25) is 4.18 Å². The molecule has 2 rings (SSSR count). The number of benzene rings is 1. The van der Waals surface area contributed by atoms with Crippen molar-refractivity contribution in [3.8, 4) is 11.8 Å². The second-order valence-corrected chi connectivity index (χ2v) is 10.0. The van der Waals surface area contributed by atoms with Crippen LogP contribution in [0, 0.1) is 11.3 Å². The van der Waals surface area contributed by atoms with E-state index in [0.29, 0.717) is 21.9 Å². The lowest BCUT2D eigenvalue weighted by Crippen LogP contribution is -2.56. The van der Waals surface area contributed by atoms with Crippen molar-refractivity contribution in [2.45, 2.75) is 57.8 Å². The first-order valence-electron chi connectivity index (χ1n) is 8.17. The molecule has 0 aliphatic carbocycles. The second-order valence-electron chi connectivity index (χ2n) is 8.01. The Morgan fingerprint density at radius 3 is 2.50 bits per heavy atom. The molecule has 6 nitrogen and oxygen atoms in total. The third kappa shape index (κ3) is 4.72. The van der Waals surface area contributed by atoms with E-state index in [9.17, 15) is 13.7 Å². The summed E-state index contributed by atoms with van der Waals surface area (Å²) in [6.07, 6.45) is 0.128. The lowest BCUT2D eigenvalue weighted by Gasteiger charge is -2.44. The molecule has 0 saturated heterocycles. The highest BCUT2D eigenvalue weighted by atomic mass is 32.2. The van der Waals surface area contributed by atoms with Gasteiger partial charge in [0.2, 0.25) is 0 Å². The Morgan fingerprint density at radius 1 is 1.38 bits per heavy atom. The van der Waals surface area contributed by atoms with Crippen LogP contribution < -0.4 is 10.1 Å². The number of hydrogen-bond donors (Lipinski definition) is 1. The Bertz CT molecular complexity index is 864. The predicted octanol–water partition coefficient (Wildman–Crippen LogP) is 2.87. The molecular weight excluding hydrogens is 372 g/mol. The van der Waals surface area contributed by atoms with Gasteiger partial charge in [0.25, 0.3) is 10.1 Å². The highest BCUT2D eigenvalue weighted by Gasteiger charge is 2.48. The maximum absolute atomic E-state index is 11.9. The molecule has 26 heavy (non-hydrogen) atoms. The Balaban J connectivity index is 2.64. The van der Waals surface area contributed by atoms with Gasteiger partial charge in [-0.1, -0.05) is 12.2 Å². The quantitative estimate of drug-likeness (QED) is 0.621. The van der Waals surface area contributed by atoms with Crippen LogP contribution in [-0.4, -0.2) is 36.9 Å². The summed E-state index contributed by atoms with van der Waals surface area (Å²) < 4.78 is 35.2. The van der Waals surface area contributed by atoms with E-state index in [1.54, 1.807) is 32.0 Å². The highest BCUT2D eigenvalue weighted by Crippen LogP contribution is 2.44. The standard InChI is InChI=1S/C18H24N2O4S2/c1-17(2,3)20-16(25)14-12-9-11(10-19)7-8-13(12)23-18(4,5)15(14)24-26(6,21)22/h7-9,14-15H,1-6H3,(H,20,25)/t14-,15+/m1/s1. The summed E-state index contributed by atoms with van der Waals surface area (Å²) in [5.74, 6) is -0.0172. The molecule has 142 valence electrons. The number of nitrogens with one attached hydrogen (secondary N) is 1. The van der Waals surface area contributed by atoms with Crippen LogP contribution in [0.2, 0.25) is 0 Å². The number of rotatable bonds is 3. The van der Waals surface area contributed by atoms with Crippen molar-refractivity contribution in [1.82, 2.24) is 5.32 Å². The molecule has 0 bridgehead atoms. The van der Waals surface area contributed by atoms with Crippen molar-refractivity contribution in [1.29, 1.82) is 5.26 Å². The largest absolute Gasteiger partial charge is 0.485 e. The Labute approximate surface area is 160 Å². The molecule has 0 spiro atoms. The molecule has 0 unspecified atom stereocenters. The molecule has 1 aliphatic heterocycles. The summed E-state index contributed by atoms with van der Waals surface area (Å²) in [5, 5.41) is 12.5. The molecule has 0 amide bonds. The van der Waals surface area contributed by atoms with Crippen LogP contribution in [0.4, 0.5) is 0 Å². The highest BCUT2D eigenvalue weighted by molar-refractivity contribution is 7.86. The molecule has 0 radical (unpaired) electrons. The summed E-state index contributed by atoms with van der Waals surface area (Å²) >= 11 is 5.62. The smallest absolute Gasteiger partial charge is 0.264 e. The average molecular weight is 397 g/mol. The van der Waals surface area contributed by atoms with Gasteiger partial charge in [0.05, 0.1) is 28.8 Å². The topological polar surface area (TPSA) is 88.4 Å². The predicted molar refractivity (Wildman–Crippen MR) is 104 cm³/mol. The van der Waals surface area contributed by atoms with E-state index in [-0.39, 0.29) is 5.54 Å². The normalized spacial score (nSPS) is 21.9. The van der Waals surface area contributed by atoms with Gasteiger partial charge in [0.1, 0.15) is 17.5 Å². The van der Waals surface area contributed by atoms with E-state index in [1.165, 1.54) is 0 Å². The zero-order valence-electron chi connectivity index (χ0n) is 15.8. The van der Waals surface area contributed by atoms with Crippen LogP contribution in [0.5, 0.6) is 5.75 Å². The minimum absolute atomic E-state index is 0.317. The summed E-state index contributed by atoms with van der Waals surface area (Å²) in [7, 11) is -3.76. The van der Waals surface area contributed by atoms with Crippen molar-refractivity contribution in [3.05, 3.63) is 29.3 Å². The molecule has 0 saturated carbocycles. The molecule has 1 N–H and O–H groups in total. The third-order valence-corrected chi connectivity index (χ3v) is 4.81. The Morgan fingerprint density at radius 2 is 2.00 bits per heavy atom. The molecule has 1 aromatic rings. The summed E-state index contributed by atoms with van der Waals surface area (Å²) in [4.78, 5) is 0.443. The summed E-state index contributed by atoms with van der Waals surface area (Å²) in [6.45, 7) is 9.40. The van der Waals surface area contributed by atoms with E-state index >= 15 is 0 Å². The van der Waals surface area contributed by atoms with Crippen LogP contribution in [-0.2, 0) is 14.3 Å². The van der Waals surface area contributed by atoms with Gasteiger partial charge in [-0.2, -0.15) is 13.7 Å². The SMILES string of the molecule is CC(C)(C)NC(=S)[C@@H]1c2cc(C#N)ccc2OC(C)(C)[C@H]1OS(C)(=O)=O. The fourth-order valence-electron chi connectivity index (χ4n) is 2.95. The molecule has 0 fully saturated rings. The maximum Gasteiger partial charge on any atom is 0.264 e. The van der Waals surface area contributed by atoms with Gasteiger partial charge in [-0.05, 0) is 52.8 Å². The molecule has 1 aliphatic rings. The Hall–Kier alpha value is -1.69. The van der Waals surface area contributed by atoms with Gasteiger partial charge in [0, 0.05) is 11.1 Å². The molecular formula is C18H24N2O4S2. The van der Waals surface area contributed by atoms with Gasteiger partial charge >= 0.3 is 0 Å². The number of thiocarbonyl (C=S) groups is 1. The third-order valence-electron chi connectivity index (χ3n) is 3.89. The van der Waals surface area contributed by atoms with Crippen molar-refractivity contribution in [2.24, 2.45) is 0 Å². The van der Waals surface area contributed by atoms with Crippen molar-refractivity contribution in [2.75, 3.05) is 6.26 Å². The zero-order chi connectivity index (χ0) is 19.9. The molecule has 1 aromatic carbocycles. The first-order chi connectivity index (χ1) is 11.7. The van der Waals surface area contributed by atoms with Crippen molar-refractivity contribution < 1.29 is 17.3 Å². The summed E-state index contributed by atoms with van der Waals surface area (Å²) in [6, 6.07) is 7.13. The van der Waals surface area contributed by atoms with Crippen LogP contribution in [0.15, 0.2) is 18.2 Å². The molecule has 8 heteroatoms. The average Bonchev–Trinajstić information content (AvgIpc) is 2.43. The van der Waals surface area contributed by atoms with Gasteiger partial charge < -0.3 is 10.1 Å². The van der Waals surface area contributed by atoms with Crippen LogP contribution in [0.1, 0.15) is 51.7 Å². The second kappa shape index (κ2) is 6.80. The van der Waals surface area contributed by atoms with Crippen molar-refractivity contribution in [3.63, 3.8) is 0 Å². The number of ether oxygens (including phenoxy) is 1. The van der Waals surface area contributed by atoms with Crippen LogP contribution in [0.25, 0.3) is 0 Å². The lowest BCUT2D eigenvalue weighted by molar-refractivity contribution is -0.0289.